The third-order valence-corrected chi connectivity index (χ3v) is 3.81. The van der Waals surface area contributed by atoms with Crippen molar-refractivity contribution >= 4 is 16.8 Å². The number of nitrogens with one attached hydrogen (secondary N) is 1. The van der Waals surface area contributed by atoms with Crippen molar-refractivity contribution in [3.05, 3.63) is 46.2 Å². The van der Waals surface area contributed by atoms with Gasteiger partial charge >= 0.3 is 0 Å². The van der Waals surface area contributed by atoms with Gasteiger partial charge in [-0.05, 0) is 19.2 Å². The van der Waals surface area contributed by atoms with Crippen LogP contribution < -0.4 is 5.43 Å². The van der Waals surface area contributed by atoms with Crippen molar-refractivity contribution in [2.45, 2.75) is 0 Å². The maximum Gasteiger partial charge on any atom is 0.259 e. The molecule has 1 aliphatic rings. The number of piperazine rings is 1. The summed E-state index contributed by atoms with van der Waals surface area (Å²) in [6.07, 6.45) is 1.53. The summed E-state index contributed by atoms with van der Waals surface area (Å²) < 4.78 is 0. The van der Waals surface area contributed by atoms with Crippen LogP contribution in [0.15, 0.2) is 35.3 Å². The number of fused-ring (bicyclic) bond motifs is 1. The minimum absolute atomic E-state index is 0.176. The summed E-state index contributed by atoms with van der Waals surface area (Å²) in [5.41, 5.74) is 0.795. The van der Waals surface area contributed by atoms with Crippen LogP contribution in [0, 0.1) is 0 Å². The van der Waals surface area contributed by atoms with E-state index >= 15 is 0 Å². The lowest BCUT2D eigenvalue weighted by atomic mass is 10.1. The molecule has 1 amide bonds. The Morgan fingerprint density at radius 3 is 2.60 bits per heavy atom. The summed E-state index contributed by atoms with van der Waals surface area (Å²) in [5, 5.41) is 0.562. The number of likely N-dealkylation sites (N-methyl/N-ethyl adjacent to an activating group) is 1. The Labute approximate surface area is 116 Å². The van der Waals surface area contributed by atoms with Gasteiger partial charge in [0, 0.05) is 43.3 Å². The highest BCUT2D eigenvalue weighted by atomic mass is 16.2. The Kier molecular flexibility index (Phi) is 3.28. The average molecular weight is 271 g/mol. The van der Waals surface area contributed by atoms with Crippen LogP contribution in [0.5, 0.6) is 0 Å². The number of rotatable bonds is 1. The van der Waals surface area contributed by atoms with Gasteiger partial charge in [-0.15, -0.1) is 0 Å². The SMILES string of the molecule is CN1CCN(C(=O)c2c[nH]c3ccccc3c2=O)CC1. The van der Waals surface area contributed by atoms with E-state index in [9.17, 15) is 9.59 Å². The molecule has 1 aliphatic heterocycles. The first-order valence-electron chi connectivity index (χ1n) is 6.75. The fourth-order valence-electron chi connectivity index (χ4n) is 2.51. The lowest BCUT2D eigenvalue weighted by molar-refractivity contribution is 0.0662. The minimum atomic E-state index is -0.191. The normalized spacial score (nSPS) is 16.6. The molecule has 1 N–H and O–H groups in total. The number of amides is 1. The highest BCUT2D eigenvalue weighted by Gasteiger charge is 2.22. The van der Waals surface area contributed by atoms with Crippen LogP contribution in [0.1, 0.15) is 10.4 Å². The second-order valence-electron chi connectivity index (χ2n) is 5.17. The van der Waals surface area contributed by atoms with E-state index in [1.54, 1.807) is 11.0 Å². The number of nitrogens with zero attached hydrogens (tertiary/aromatic N) is 2. The first kappa shape index (κ1) is 12.9. The van der Waals surface area contributed by atoms with E-state index in [0.717, 1.165) is 18.6 Å². The van der Waals surface area contributed by atoms with Gasteiger partial charge in [0.1, 0.15) is 5.56 Å². The van der Waals surface area contributed by atoms with Crippen LogP contribution in [-0.2, 0) is 0 Å². The number of pyridine rings is 1. The van der Waals surface area contributed by atoms with E-state index in [1.807, 2.05) is 25.2 Å². The number of carbonyl (C=O) groups is 1. The Morgan fingerprint density at radius 2 is 1.85 bits per heavy atom. The van der Waals surface area contributed by atoms with Crippen molar-refractivity contribution in [3.8, 4) is 0 Å². The molecule has 5 nitrogen and oxygen atoms in total. The molecule has 0 unspecified atom stereocenters. The molecule has 1 aromatic carbocycles. The van der Waals surface area contributed by atoms with Gasteiger partial charge in [0.25, 0.3) is 5.91 Å². The lowest BCUT2D eigenvalue weighted by Crippen LogP contribution is -2.48. The number of H-pyrrole nitrogens is 1. The van der Waals surface area contributed by atoms with Crippen LogP contribution in [0.3, 0.4) is 0 Å². The zero-order chi connectivity index (χ0) is 14.1. The quantitative estimate of drug-likeness (QED) is 0.839. The second kappa shape index (κ2) is 5.09. The average Bonchev–Trinajstić information content (AvgIpc) is 2.48. The molecular formula is C15H17N3O2. The van der Waals surface area contributed by atoms with E-state index in [-0.39, 0.29) is 16.9 Å². The van der Waals surface area contributed by atoms with E-state index < -0.39 is 0 Å². The Balaban J connectivity index is 1.96. The third-order valence-electron chi connectivity index (χ3n) is 3.81. The van der Waals surface area contributed by atoms with Crippen molar-refractivity contribution in [1.29, 1.82) is 0 Å². The monoisotopic (exact) mass is 271 g/mol. The second-order valence-corrected chi connectivity index (χ2v) is 5.17. The topological polar surface area (TPSA) is 56.4 Å². The predicted molar refractivity (Wildman–Crippen MR) is 78.0 cm³/mol. The van der Waals surface area contributed by atoms with Gasteiger partial charge in [-0.1, -0.05) is 12.1 Å². The molecule has 1 fully saturated rings. The van der Waals surface area contributed by atoms with E-state index in [0.29, 0.717) is 18.5 Å². The zero-order valence-electron chi connectivity index (χ0n) is 11.4. The highest BCUT2D eigenvalue weighted by molar-refractivity contribution is 5.97. The maximum absolute atomic E-state index is 12.5. The maximum atomic E-state index is 12.5. The molecule has 0 radical (unpaired) electrons. The molecule has 0 aliphatic carbocycles. The number of carbonyl (C=O) groups excluding carboxylic acids is 1. The molecule has 2 heterocycles. The molecule has 0 spiro atoms. The first-order chi connectivity index (χ1) is 9.66. The molecule has 0 saturated carbocycles. The van der Waals surface area contributed by atoms with Crippen LogP contribution in [0.25, 0.3) is 10.9 Å². The Bertz CT molecular complexity index is 700. The minimum Gasteiger partial charge on any atom is -0.360 e. The fraction of sp³-hybridized carbons (Fsp3) is 0.333. The van der Waals surface area contributed by atoms with Gasteiger partial charge in [-0.25, -0.2) is 0 Å². The summed E-state index contributed by atoms with van der Waals surface area (Å²) in [6, 6.07) is 7.25. The summed E-state index contributed by atoms with van der Waals surface area (Å²) in [5.74, 6) is -0.176. The van der Waals surface area contributed by atoms with Gasteiger partial charge in [-0.2, -0.15) is 0 Å². The number of hydrogen-bond acceptors (Lipinski definition) is 3. The van der Waals surface area contributed by atoms with E-state index in [1.165, 1.54) is 6.20 Å². The summed E-state index contributed by atoms with van der Waals surface area (Å²) in [6.45, 7) is 3.03. The number of aromatic amines is 1. The number of aromatic nitrogens is 1. The molecule has 3 rings (SSSR count). The number of para-hydroxylation sites is 1. The Morgan fingerprint density at radius 1 is 1.15 bits per heavy atom. The van der Waals surface area contributed by atoms with Gasteiger partial charge < -0.3 is 14.8 Å². The van der Waals surface area contributed by atoms with E-state index in [2.05, 4.69) is 9.88 Å². The van der Waals surface area contributed by atoms with Gasteiger partial charge in [0.2, 0.25) is 5.43 Å². The largest absolute Gasteiger partial charge is 0.360 e. The van der Waals surface area contributed by atoms with Gasteiger partial charge in [0.05, 0.1) is 0 Å². The summed E-state index contributed by atoms with van der Waals surface area (Å²) in [7, 11) is 2.03. The molecule has 5 heteroatoms. The van der Waals surface area contributed by atoms with E-state index in [4.69, 9.17) is 0 Å². The highest BCUT2D eigenvalue weighted by Crippen LogP contribution is 2.10. The standard InChI is InChI=1S/C15H17N3O2/c1-17-6-8-18(9-7-17)15(20)12-10-16-13-5-3-2-4-11(13)14(12)19/h2-5,10H,6-9H2,1H3,(H,16,19). The summed E-state index contributed by atoms with van der Waals surface area (Å²) >= 11 is 0. The Hall–Kier alpha value is -2.14. The van der Waals surface area contributed by atoms with Gasteiger partial charge in [0.15, 0.2) is 0 Å². The molecule has 20 heavy (non-hydrogen) atoms. The van der Waals surface area contributed by atoms with Crippen molar-refractivity contribution in [3.63, 3.8) is 0 Å². The van der Waals surface area contributed by atoms with Gasteiger partial charge in [-0.3, -0.25) is 9.59 Å². The van der Waals surface area contributed by atoms with Crippen molar-refractivity contribution in [2.75, 3.05) is 33.2 Å². The molecule has 1 aromatic heterocycles. The van der Waals surface area contributed by atoms with Crippen molar-refractivity contribution < 1.29 is 4.79 Å². The van der Waals surface area contributed by atoms with Crippen LogP contribution >= 0.6 is 0 Å². The van der Waals surface area contributed by atoms with Crippen LogP contribution in [-0.4, -0.2) is 53.9 Å². The molecule has 0 atom stereocenters. The van der Waals surface area contributed by atoms with Crippen molar-refractivity contribution in [2.24, 2.45) is 0 Å². The molecular weight excluding hydrogens is 254 g/mol. The fourth-order valence-corrected chi connectivity index (χ4v) is 2.51. The predicted octanol–water partition coefficient (Wildman–Crippen LogP) is 0.916. The first-order valence-corrected chi connectivity index (χ1v) is 6.75. The molecule has 2 aromatic rings. The smallest absolute Gasteiger partial charge is 0.259 e. The van der Waals surface area contributed by atoms with Crippen LogP contribution in [0.2, 0.25) is 0 Å². The third kappa shape index (κ3) is 2.20. The lowest BCUT2D eigenvalue weighted by Gasteiger charge is -2.32. The summed E-state index contributed by atoms with van der Waals surface area (Å²) in [4.78, 5) is 31.8. The number of benzene rings is 1. The molecule has 0 bridgehead atoms. The molecule has 1 saturated heterocycles. The zero-order valence-corrected chi connectivity index (χ0v) is 11.4. The molecule has 104 valence electrons. The van der Waals surface area contributed by atoms with Crippen LogP contribution in [0.4, 0.5) is 0 Å². The number of hydrogen-bond donors (Lipinski definition) is 1. The van der Waals surface area contributed by atoms with Crippen molar-refractivity contribution in [1.82, 2.24) is 14.8 Å².